The molecule has 4 nitrogen and oxygen atoms in total. The fraction of sp³-hybridized carbons (Fsp3) is 0.182. The van der Waals surface area contributed by atoms with Gasteiger partial charge < -0.3 is 0 Å². The Morgan fingerprint density at radius 1 is 0.893 bits per heavy atom. The molecule has 3 aromatic rings. The zero-order valence-corrected chi connectivity index (χ0v) is 17.3. The van der Waals surface area contributed by atoms with Crippen LogP contribution < -0.4 is 5.43 Å². The quantitative estimate of drug-likeness (QED) is 0.544. The first kappa shape index (κ1) is 20.2. The summed E-state index contributed by atoms with van der Waals surface area (Å²) in [5.41, 5.74) is 2.83. The smallest absolute Gasteiger partial charge is 0.267 e. The molecule has 0 saturated carbocycles. The Balaban J connectivity index is 1.97. The van der Waals surface area contributed by atoms with E-state index in [1.807, 2.05) is 57.2 Å². The van der Waals surface area contributed by atoms with Crippen molar-refractivity contribution in [1.29, 1.82) is 0 Å². The third-order valence-corrected chi connectivity index (χ3v) is 4.83. The molecule has 0 aliphatic carbocycles. The van der Waals surface area contributed by atoms with Gasteiger partial charge in [0.1, 0.15) is 0 Å². The minimum atomic E-state index is -0.680. The maximum absolute atomic E-state index is 13.1. The molecule has 0 spiro atoms. The topological polar surface area (TPSA) is 49.4 Å². The Morgan fingerprint density at radius 3 is 2.25 bits per heavy atom. The number of rotatable bonds is 2. The average Bonchev–Trinajstić information content (AvgIpc) is 2.64. The van der Waals surface area contributed by atoms with E-state index < -0.39 is 11.4 Å². The molecule has 0 aliphatic rings. The van der Waals surface area contributed by atoms with E-state index in [1.54, 1.807) is 18.2 Å². The van der Waals surface area contributed by atoms with Crippen molar-refractivity contribution in [3.8, 4) is 0 Å². The molecule has 6 heteroatoms. The third-order valence-electron chi connectivity index (χ3n) is 4.28. The summed E-state index contributed by atoms with van der Waals surface area (Å²) in [6.45, 7) is 5.49. The minimum Gasteiger partial charge on any atom is -0.267 e. The molecule has 1 N–H and O–H groups in total. The molecule has 2 amide bonds. The van der Waals surface area contributed by atoms with E-state index in [2.05, 4.69) is 5.43 Å². The van der Waals surface area contributed by atoms with Crippen molar-refractivity contribution in [3.63, 3.8) is 0 Å². The standard InChI is InChI=1S/C22H20Cl2N2O2/c1-22(2,3)26(21(28)18-12-11-15(23)13-19(18)24)25-20(27)17-10-6-8-14-7-4-5-9-16(14)17/h4-13H,1-3H3,(H,25,27). The summed E-state index contributed by atoms with van der Waals surface area (Å²) >= 11 is 12.1. The first-order valence-electron chi connectivity index (χ1n) is 8.77. The van der Waals surface area contributed by atoms with Gasteiger partial charge in [-0.05, 0) is 55.8 Å². The van der Waals surface area contributed by atoms with Gasteiger partial charge in [0.25, 0.3) is 11.8 Å². The lowest BCUT2D eigenvalue weighted by Gasteiger charge is -2.35. The Hall–Kier alpha value is -2.56. The molecular formula is C22H20Cl2N2O2. The highest BCUT2D eigenvalue weighted by Crippen LogP contribution is 2.25. The van der Waals surface area contributed by atoms with Crippen molar-refractivity contribution in [3.05, 3.63) is 81.8 Å². The molecule has 0 radical (unpaired) electrons. The lowest BCUT2D eigenvalue weighted by atomic mass is 10.0. The summed E-state index contributed by atoms with van der Waals surface area (Å²) in [4.78, 5) is 26.2. The molecule has 3 rings (SSSR count). The summed E-state index contributed by atoms with van der Waals surface area (Å²) in [5.74, 6) is -0.784. The number of fused-ring (bicyclic) bond motifs is 1. The molecule has 3 aromatic carbocycles. The van der Waals surface area contributed by atoms with E-state index in [-0.39, 0.29) is 16.5 Å². The number of carbonyl (C=O) groups is 2. The second-order valence-corrected chi connectivity index (χ2v) is 8.25. The predicted molar refractivity (Wildman–Crippen MR) is 114 cm³/mol. The summed E-state index contributed by atoms with van der Waals surface area (Å²) in [6, 6.07) is 17.7. The highest BCUT2D eigenvalue weighted by atomic mass is 35.5. The number of amides is 2. The number of nitrogens with zero attached hydrogens (tertiary/aromatic N) is 1. The Bertz CT molecular complexity index is 1050. The predicted octanol–water partition coefficient (Wildman–Crippen LogP) is 5.73. The fourth-order valence-corrected chi connectivity index (χ4v) is 3.38. The summed E-state index contributed by atoms with van der Waals surface area (Å²) < 4.78 is 0. The van der Waals surface area contributed by atoms with Crippen LogP contribution in [-0.4, -0.2) is 22.4 Å². The van der Waals surface area contributed by atoms with E-state index in [0.717, 1.165) is 10.8 Å². The first-order valence-corrected chi connectivity index (χ1v) is 9.52. The molecule has 0 heterocycles. The largest absolute Gasteiger partial charge is 0.274 e. The van der Waals surface area contributed by atoms with Gasteiger partial charge in [0.2, 0.25) is 0 Å². The van der Waals surface area contributed by atoms with Crippen LogP contribution >= 0.6 is 23.2 Å². The van der Waals surface area contributed by atoms with Gasteiger partial charge in [0.15, 0.2) is 0 Å². The van der Waals surface area contributed by atoms with Gasteiger partial charge in [-0.1, -0.05) is 59.6 Å². The van der Waals surface area contributed by atoms with Crippen LogP contribution in [0.4, 0.5) is 0 Å². The lowest BCUT2D eigenvalue weighted by molar-refractivity contribution is 0.0359. The number of nitrogens with one attached hydrogen (secondary N) is 1. The van der Waals surface area contributed by atoms with E-state index in [0.29, 0.717) is 10.6 Å². The number of hydrogen-bond donors (Lipinski definition) is 1. The van der Waals surface area contributed by atoms with E-state index in [4.69, 9.17) is 23.2 Å². The van der Waals surface area contributed by atoms with Gasteiger partial charge in [-0.15, -0.1) is 0 Å². The molecule has 0 atom stereocenters. The normalized spacial score (nSPS) is 11.3. The van der Waals surface area contributed by atoms with Crippen molar-refractivity contribution in [2.24, 2.45) is 0 Å². The van der Waals surface area contributed by atoms with Crippen molar-refractivity contribution < 1.29 is 9.59 Å². The van der Waals surface area contributed by atoms with Gasteiger partial charge in [0.05, 0.1) is 16.1 Å². The SMILES string of the molecule is CC(C)(C)N(NC(=O)c1cccc2ccccc12)C(=O)c1ccc(Cl)cc1Cl. The van der Waals surface area contributed by atoms with E-state index >= 15 is 0 Å². The van der Waals surface area contributed by atoms with Crippen LogP contribution in [0.15, 0.2) is 60.7 Å². The number of hydrogen-bond acceptors (Lipinski definition) is 2. The molecule has 0 unspecified atom stereocenters. The minimum absolute atomic E-state index is 0.228. The van der Waals surface area contributed by atoms with Gasteiger partial charge in [-0.3, -0.25) is 15.0 Å². The number of halogens is 2. The van der Waals surface area contributed by atoms with Crippen LogP contribution in [0.5, 0.6) is 0 Å². The maximum Gasteiger partial charge on any atom is 0.274 e. The zero-order chi connectivity index (χ0) is 20.5. The van der Waals surface area contributed by atoms with Crippen LogP contribution in [0.25, 0.3) is 10.8 Å². The Labute approximate surface area is 174 Å². The second-order valence-electron chi connectivity index (χ2n) is 7.40. The monoisotopic (exact) mass is 414 g/mol. The Kier molecular flexibility index (Phi) is 5.64. The third kappa shape index (κ3) is 4.13. The highest BCUT2D eigenvalue weighted by Gasteiger charge is 2.31. The van der Waals surface area contributed by atoms with Crippen molar-refractivity contribution in [2.75, 3.05) is 0 Å². The van der Waals surface area contributed by atoms with E-state index in [1.165, 1.54) is 11.1 Å². The van der Waals surface area contributed by atoms with Crippen LogP contribution in [0.3, 0.4) is 0 Å². The van der Waals surface area contributed by atoms with Crippen LogP contribution in [0.1, 0.15) is 41.5 Å². The number of hydrazine groups is 1. The first-order chi connectivity index (χ1) is 13.2. The lowest BCUT2D eigenvalue weighted by Crippen LogP contribution is -2.56. The summed E-state index contributed by atoms with van der Waals surface area (Å²) in [5, 5.41) is 3.72. The van der Waals surface area contributed by atoms with Crippen molar-refractivity contribution >= 4 is 45.8 Å². The van der Waals surface area contributed by atoms with Gasteiger partial charge in [0, 0.05) is 10.6 Å². The second kappa shape index (κ2) is 7.82. The molecule has 0 saturated heterocycles. The summed E-state index contributed by atoms with van der Waals surface area (Å²) in [6.07, 6.45) is 0. The van der Waals surface area contributed by atoms with Gasteiger partial charge >= 0.3 is 0 Å². The van der Waals surface area contributed by atoms with E-state index in [9.17, 15) is 9.59 Å². The zero-order valence-electron chi connectivity index (χ0n) is 15.8. The van der Waals surface area contributed by atoms with Gasteiger partial charge in [-0.2, -0.15) is 0 Å². The molecule has 0 aliphatic heterocycles. The van der Waals surface area contributed by atoms with Crippen LogP contribution in [0.2, 0.25) is 10.0 Å². The maximum atomic E-state index is 13.1. The Morgan fingerprint density at radius 2 is 1.57 bits per heavy atom. The van der Waals surface area contributed by atoms with Crippen LogP contribution in [-0.2, 0) is 0 Å². The molecule has 0 bridgehead atoms. The number of carbonyl (C=O) groups excluding carboxylic acids is 2. The molecule has 144 valence electrons. The average molecular weight is 415 g/mol. The van der Waals surface area contributed by atoms with Crippen LogP contribution in [0, 0.1) is 0 Å². The molecule has 0 fully saturated rings. The van der Waals surface area contributed by atoms with Gasteiger partial charge in [-0.25, -0.2) is 5.01 Å². The highest BCUT2D eigenvalue weighted by molar-refractivity contribution is 6.36. The van der Waals surface area contributed by atoms with Crippen molar-refractivity contribution in [2.45, 2.75) is 26.3 Å². The molecule has 0 aromatic heterocycles. The fourth-order valence-electron chi connectivity index (χ4n) is 2.89. The molecular weight excluding hydrogens is 395 g/mol. The van der Waals surface area contributed by atoms with Crippen molar-refractivity contribution in [1.82, 2.24) is 10.4 Å². The molecule has 28 heavy (non-hydrogen) atoms. The number of benzene rings is 3. The summed E-state index contributed by atoms with van der Waals surface area (Å²) in [7, 11) is 0.